The minimum absolute atomic E-state index is 0.00170. The smallest absolute Gasteiger partial charge is 0.264 e. The topological polar surface area (TPSA) is 9.72 Å². The van der Waals surface area contributed by atoms with Crippen LogP contribution in [-0.2, 0) is 32.5 Å². The molecule has 10 aromatic rings. The van der Waals surface area contributed by atoms with Crippen molar-refractivity contribution >= 4 is 127 Å². The molecule has 81 heavy (non-hydrogen) atoms. The lowest BCUT2D eigenvalue weighted by Gasteiger charge is -2.51. The number of hydrogen-bond donors (Lipinski definition) is 0. The number of benzene rings is 8. The lowest BCUT2D eigenvalue weighted by atomic mass is 9.35. The lowest BCUT2D eigenvalue weighted by molar-refractivity contribution is 0.208. The molecule has 16 rings (SSSR count). The van der Waals surface area contributed by atoms with Gasteiger partial charge in [0.25, 0.3) is 6.71 Å². The van der Waals surface area contributed by atoms with Gasteiger partial charge in [-0.3, -0.25) is 0 Å². The third-order valence-corrected chi connectivity index (χ3v) is 24.1. The van der Waals surface area contributed by atoms with Gasteiger partial charge in [0.05, 0.1) is 21.8 Å². The molecule has 0 amide bonds. The zero-order valence-electron chi connectivity index (χ0n) is 49.5. The molecule has 6 aliphatic rings. The summed E-state index contributed by atoms with van der Waals surface area (Å²) >= 11 is 4.04. The molecular formula is C75H74BN3S2. The van der Waals surface area contributed by atoms with Crippen molar-refractivity contribution < 1.29 is 0 Å². The second-order valence-corrected chi connectivity index (χ2v) is 31.1. The number of anilines is 9. The standard InChI is InChI=1S/C75H74BN3S2/c1-44-19-17-21-46(35-44)77(59-24-15-13-20-45(59)2)48-37-62-66-63(38-48)79(60-25-18-23-50-49-22-14-16-26-64(49)80-68(50)60)61-41-54-53(71(5,6)29-30-72(54,7)8)40-58(61)76(66)69-67-51-39-57-55(42-65(51)81-69)73(9,10)32-34-75(57,12)43-74(11)33-31-70(3,4)52-28-27-47(78(62)67)36-56(52)74/h13-28,35-42H,29-34,43H2,1-12H3. The molecular weight excluding hydrogens is 1020 g/mol. The summed E-state index contributed by atoms with van der Waals surface area (Å²) in [5, 5.41) is 4.06. The molecule has 3 aliphatic heterocycles. The minimum Gasteiger partial charge on any atom is -0.310 e. The number of thiophene rings is 2. The average Bonchev–Trinajstić information content (AvgIpc) is 4.15. The van der Waals surface area contributed by atoms with Crippen LogP contribution in [0.2, 0.25) is 0 Å². The van der Waals surface area contributed by atoms with E-state index in [1.165, 1.54) is 139 Å². The van der Waals surface area contributed by atoms with Crippen LogP contribution in [0.1, 0.15) is 159 Å². The highest BCUT2D eigenvalue weighted by atomic mass is 32.1. The predicted octanol–water partition coefficient (Wildman–Crippen LogP) is 19.8. The van der Waals surface area contributed by atoms with Crippen molar-refractivity contribution in [2.45, 2.75) is 161 Å². The molecule has 0 saturated carbocycles. The summed E-state index contributed by atoms with van der Waals surface area (Å²) in [6.45, 7) is 30.0. The Morgan fingerprint density at radius 3 is 1.81 bits per heavy atom. The highest BCUT2D eigenvalue weighted by molar-refractivity contribution is 7.33. The summed E-state index contributed by atoms with van der Waals surface area (Å²) in [4.78, 5) is 8.14. The lowest BCUT2D eigenvalue weighted by Crippen LogP contribution is -2.61. The van der Waals surface area contributed by atoms with Crippen LogP contribution in [0.5, 0.6) is 0 Å². The predicted molar refractivity (Wildman–Crippen MR) is 352 cm³/mol. The molecule has 6 heteroatoms. The summed E-state index contributed by atoms with van der Waals surface area (Å²) in [6.07, 6.45) is 8.22. The van der Waals surface area contributed by atoms with Gasteiger partial charge >= 0.3 is 0 Å². The van der Waals surface area contributed by atoms with Crippen LogP contribution in [0.15, 0.2) is 146 Å². The van der Waals surface area contributed by atoms with Crippen molar-refractivity contribution in [3.05, 3.63) is 190 Å². The number of fused-ring (bicyclic) bond motifs is 10. The molecule has 2 aromatic heterocycles. The summed E-state index contributed by atoms with van der Waals surface area (Å²) in [7, 11) is 0. The summed E-state index contributed by atoms with van der Waals surface area (Å²) in [5.74, 6) is 0. The molecule has 2 atom stereocenters. The largest absolute Gasteiger partial charge is 0.310 e. The molecule has 0 fully saturated rings. The van der Waals surface area contributed by atoms with E-state index in [2.05, 4.69) is 255 Å². The van der Waals surface area contributed by atoms with Crippen LogP contribution < -0.4 is 30.4 Å². The van der Waals surface area contributed by atoms with Gasteiger partial charge in [0.15, 0.2) is 0 Å². The first kappa shape index (κ1) is 50.2. The summed E-state index contributed by atoms with van der Waals surface area (Å²) < 4.78 is 5.54. The van der Waals surface area contributed by atoms with Gasteiger partial charge < -0.3 is 14.7 Å². The van der Waals surface area contributed by atoms with Crippen molar-refractivity contribution in [1.82, 2.24) is 0 Å². The second kappa shape index (κ2) is 16.6. The molecule has 3 nitrogen and oxygen atoms in total. The third-order valence-electron chi connectivity index (χ3n) is 21.7. The van der Waals surface area contributed by atoms with Gasteiger partial charge in [0.2, 0.25) is 0 Å². The van der Waals surface area contributed by atoms with Crippen LogP contribution in [0.4, 0.5) is 51.2 Å². The van der Waals surface area contributed by atoms with Crippen LogP contribution in [0, 0.1) is 13.8 Å². The molecule has 4 bridgehead atoms. The highest BCUT2D eigenvalue weighted by Crippen LogP contribution is 2.61. The first-order valence-corrected chi connectivity index (χ1v) is 31.8. The van der Waals surface area contributed by atoms with E-state index in [9.17, 15) is 0 Å². The van der Waals surface area contributed by atoms with Gasteiger partial charge in [0.1, 0.15) is 0 Å². The van der Waals surface area contributed by atoms with Crippen LogP contribution in [0.25, 0.3) is 30.3 Å². The first-order chi connectivity index (χ1) is 38.6. The van der Waals surface area contributed by atoms with Crippen LogP contribution >= 0.6 is 22.7 Å². The maximum atomic E-state index is 2.80. The SMILES string of the molecule is Cc1cccc(N(c2cc3c4c(c2)N(c2cccc5c2sc2ccccc25)c2cc5c(cc2B4c2sc4cc6c7cc4c2N3c2ccc3c(c2)C(C)(CCC3(C)C)CC7(C)CCC6(C)C)C(C)(C)CCC5(C)C)c2ccccc2C)c1. The van der Waals surface area contributed by atoms with Gasteiger partial charge in [-0.25, -0.2) is 0 Å². The van der Waals surface area contributed by atoms with E-state index in [1.807, 2.05) is 11.3 Å². The van der Waals surface area contributed by atoms with Crippen molar-refractivity contribution in [3.63, 3.8) is 0 Å². The molecule has 8 aromatic carbocycles. The normalized spacial score (nSPS) is 21.9. The van der Waals surface area contributed by atoms with Gasteiger partial charge in [-0.1, -0.05) is 142 Å². The zero-order chi connectivity index (χ0) is 55.7. The van der Waals surface area contributed by atoms with E-state index in [0.717, 1.165) is 30.6 Å². The quantitative estimate of drug-likeness (QED) is 0.163. The maximum Gasteiger partial charge on any atom is 0.264 e. The molecule has 3 aliphatic carbocycles. The van der Waals surface area contributed by atoms with Gasteiger partial charge in [0, 0.05) is 64.5 Å². The van der Waals surface area contributed by atoms with Gasteiger partial charge in [-0.15, -0.1) is 22.7 Å². The number of nitrogens with zero attached hydrogens (tertiary/aromatic N) is 3. The monoisotopic (exact) mass is 1090 g/mol. The van der Waals surface area contributed by atoms with Crippen LogP contribution in [-0.4, -0.2) is 6.71 Å². The highest BCUT2D eigenvalue weighted by Gasteiger charge is 2.52. The molecule has 0 N–H and O–H groups in total. The molecule has 0 spiro atoms. The Morgan fingerprint density at radius 2 is 1.07 bits per heavy atom. The molecule has 0 radical (unpaired) electrons. The Bertz CT molecular complexity index is 4390. The second-order valence-electron chi connectivity index (χ2n) is 28.9. The fourth-order valence-electron chi connectivity index (χ4n) is 16.9. The van der Waals surface area contributed by atoms with E-state index < -0.39 is 0 Å². The van der Waals surface area contributed by atoms with Crippen molar-refractivity contribution in [3.8, 4) is 0 Å². The van der Waals surface area contributed by atoms with Gasteiger partial charge in [-0.05, 0) is 220 Å². The van der Waals surface area contributed by atoms with E-state index >= 15 is 0 Å². The Balaban J connectivity index is 1.11. The Kier molecular flexibility index (Phi) is 10.3. The minimum atomic E-state index is -0.0130. The average molecular weight is 1090 g/mol. The van der Waals surface area contributed by atoms with E-state index in [-0.39, 0.29) is 39.2 Å². The van der Waals surface area contributed by atoms with Crippen molar-refractivity contribution in [2.24, 2.45) is 0 Å². The van der Waals surface area contributed by atoms with Crippen LogP contribution in [0.3, 0.4) is 0 Å². The summed E-state index contributed by atoms with van der Waals surface area (Å²) in [5.41, 5.74) is 26.0. The fraction of sp³-hybridized carbons (Fsp3) is 0.333. The summed E-state index contributed by atoms with van der Waals surface area (Å²) in [6, 6.07) is 58.4. The Labute approximate surface area is 488 Å². The third kappa shape index (κ3) is 6.99. The fourth-order valence-corrected chi connectivity index (χ4v) is 19.5. The van der Waals surface area contributed by atoms with Crippen molar-refractivity contribution in [1.29, 1.82) is 0 Å². The molecule has 404 valence electrons. The molecule has 0 saturated heterocycles. The first-order valence-electron chi connectivity index (χ1n) is 30.2. The Morgan fingerprint density at radius 1 is 0.444 bits per heavy atom. The number of para-hydroxylation sites is 1. The van der Waals surface area contributed by atoms with E-state index in [0.29, 0.717) is 0 Å². The molecule has 2 unspecified atom stereocenters. The molecule has 5 heterocycles. The van der Waals surface area contributed by atoms with E-state index in [1.54, 1.807) is 16.7 Å². The number of aryl methyl sites for hydroxylation is 2. The van der Waals surface area contributed by atoms with Gasteiger partial charge in [-0.2, -0.15) is 0 Å². The van der Waals surface area contributed by atoms with E-state index in [4.69, 9.17) is 0 Å². The number of hydrogen-bond acceptors (Lipinski definition) is 5. The van der Waals surface area contributed by atoms with Crippen molar-refractivity contribution in [2.75, 3.05) is 14.7 Å². The number of rotatable bonds is 4. The zero-order valence-corrected chi connectivity index (χ0v) is 51.2. The maximum absolute atomic E-state index is 2.80. The Hall–Kier alpha value is -6.60.